The van der Waals surface area contributed by atoms with E-state index in [1.54, 1.807) is 6.20 Å². The lowest BCUT2D eigenvalue weighted by molar-refractivity contribution is 0.0927. The number of hydrogen-bond acceptors (Lipinski definition) is 3. The summed E-state index contributed by atoms with van der Waals surface area (Å²) in [6.45, 7) is 7.32. The van der Waals surface area contributed by atoms with Crippen LogP contribution in [0.3, 0.4) is 0 Å². The predicted octanol–water partition coefficient (Wildman–Crippen LogP) is 2.68. The van der Waals surface area contributed by atoms with Crippen molar-refractivity contribution in [1.82, 2.24) is 10.3 Å². The summed E-state index contributed by atoms with van der Waals surface area (Å²) < 4.78 is 0. The van der Waals surface area contributed by atoms with Crippen molar-refractivity contribution in [3.8, 4) is 0 Å². The lowest BCUT2D eigenvalue weighted by Crippen LogP contribution is -2.37. The summed E-state index contributed by atoms with van der Waals surface area (Å²) in [6.07, 6.45) is 3.91. The molecule has 3 unspecified atom stereocenters. The molecule has 2 rings (SSSR count). The highest BCUT2D eigenvalue weighted by Crippen LogP contribution is 2.31. The highest BCUT2D eigenvalue weighted by molar-refractivity contribution is 5.94. The van der Waals surface area contributed by atoms with Crippen molar-refractivity contribution in [2.45, 2.75) is 39.7 Å². The maximum atomic E-state index is 12.2. The molecule has 1 aromatic rings. The molecule has 0 spiro atoms. The van der Waals surface area contributed by atoms with Crippen LogP contribution in [0.25, 0.3) is 0 Å². The lowest BCUT2D eigenvalue weighted by atomic mass is 9.97. The molecule has 0 radical (unpaired) electrons. The Balaban J connectivity index is 1.96. The minimum atomic E-state index is -0.0125. The molecule has 1 aromatic heterocycles. The largest absolute Gasteiger partial charge is 0.370 e. The van der Waals surface area contributed by atoms with E-state index >= 15 is 0 Å². The van der Waals surface area contributed by atoms with Gasteiger partial charge in [-0.3, -0.25) is 4.79 Å². The fourth-order valence-corrected chi connectivity index (χ4v) is 2.63. The molecular formula is C15H23N3O. The quantitative estimate of drug-likeness (QED) is 0.876. The second-order valence-corrected chi connectivity index (χ2v) is 5.46. The minimum absolute atomic E-state index is 0.0125. The molecule has 4 nitrogen and oxygen atoms in total. The number of anilines is 1. The van der Waals surface area contributed by atoms with Crippen LogP contribution in [0, 0.1) is 11.8 Å². The van der Waals surface area contributed by atoms with Crippen molar-refractivity contribution >= 4 is 11.7 Å². The Morgan fingerprint density at radius 1 is 1.37 bits per heavy atom. The van der Waals surface area contributed by atoms with Crippen LogP contribution < -0.4 is 10.6 Å². The van der Waals surface area contributed by atoms with E-state index in [4.69, 9.17) is 0 Å². The van der Waals surface area contributed by atoms with E-state index in [-0.39, 0.29) is 5.91 Å². The molecule has 1 aliphatic rings. The molecular weight excluding hydrogens is 238 g/mol. The normalized spacial score (nSPS) is 26.2. The summed E-state index contributed by atoms with van der Waals surface area (Å²) in [5.74, 6) is 2.04. The average Bonchev–Trinajstić information content (AvgIpc) is 2.72. The van der Waals surface area contributed by atoms with Gasteiger partial charge in [0.25, 0.3) is 5.91 Å². The predicted molar refractivity (Wildman–Crippen MR) is 77.2 cm³/mol. The number of pyridine rings is 1. The molecule has 3 atom stereocenters. The first kappa shape index (κ1) is 13.8. The number of rotatable bonds is 4. The van der Waals surface area contributed by atoms with Gasteiger partial charge in [0.15, 0.2) is 0 Å². The molecule has 0 aromatic carbocycles. The van der Waals surface area contributed by atoms with Gasteiger partial charge in [0.05, 0.1) is 5.56 Å². The summed E-state index contributed by atoms with van der Waals surface area (Å²) in [4.78, 5) is 16.4. The number of nitrogens with one attached hydrogen (secondary N) is 2. The number of nitrogens with zero attached hydrogens (tertiary/aromatic N) is 1. The molecule has 1 aliphatic carbocycles. The van der Waals surface area contributed by atoms with E-state index in [2.05, 4.69) is 29.5 Å². The number of carbonyl (C=O) groups is 1. The Labute approximate surface area is 115 Å². The lowest BCUT2D eigenvalue weighted by Gasteiger charge is -2.19. The first-order valence-electron chi connectivity index (χ1n) is 7.12. The zero-order valence-corrected chi connectivity index (χ0v) is 11.9. The number of aromatic nitrogens is 1. The molecule has 1 fully saturated rings. The van der Waals surface area contributed by atoms with Crippen molar-refractivity contribution in [2.75, 3.05) is 11.9 Å². The average molecular weight is 261 g/mol. The van der Waals surface area contributed by atoms with Gasteiger partial charge in [0, 0.05) is 18.8 Å². The van der Waals surface area contributed by atoms with Crippen LogP contribution in [0.1, 0.15) is 44.0 Å². The Morgan fingerprint density at radius 3 is 2.68 bits per heavy atom. The van der Waals surface area contributed by atoms with Crippen LogP contribution >= 0.6 is 0 Å². The maximum Gasteiger partial charge on any atom is 0.253 e. The first-order valence-corrected chi connectivity index (χ1v) is 7.12. The summed E-state index contributed by atoms with van der Waals surface area (Å²) in [6, 6.07) is 3.97. The summed E-state index contributed by atoms with van der Waals surface area (Å²) in [5, 5.41) is 6.24. The van der Waals surface area contributed by atoms with Gasteiger partial charge in [-0.25, -0.2) is 4.98 Å². The Kier molecular flexibility index (Phi) is 4.40. The number of hydrogen-bond donors (Lipinski definition) is 2. The highest BCUT2D eigenvalue weighted by atomic mass is 16.1. The number of amides is 1. The molecule has 19 heavy (non-hydrogen) atoms. The zero-order chi connectivity index (χ0) is 13.8. The zero-order valence-electron chi connectivity index (χ0n) is 11.9. The molecule has 1 amide bonds. The molecule has 0 bridgehead atoms. The van der Waals surface area contributed by atoms with E-state index in [0.717, 1.165) is 18.8 Å². The molecule has 0 aliphatic heterocycles. The molecule has 0 saturated heterocycles. The summed E-state index contributed by atoms with van der Waals surface area (Å²) in [7, 11) is 0. The fraction of sp³-hybridized carbons (Fsp3) is 0.600. The van der Waals surface area contributed by atoms with E-state index in [1.165, 1.54) is 6.42 Å². The van der Waals surface area contributed by atoms with Gasteiger partial charge in [0.1, 0.15) is 5.82 Å². The van der Waals surface area contributed by atoms with Gasteiger partial charge < -0.3 is 10.6 Å². The van der Waals surface area contributed by atoms with Gasteiger partial charge in [-0.2, -0.15) is 0 Å². The third-order valence-electron chi connectivity index (χ3n) is 4.17. The van der Waals surface area contributed by atoms with E-state index < -0.39 is 0 Å². The topological polar surface area (TPSA) is 54.0 Å². The van der Waals surface area contributed by atoms with Gasteiger partial charge >= 0.3 is 0 Å². The van der Waals surface area contributed by atoms with Gasteiger partial charge in [-0.15, -0.1) is 0 Å². The van der Waals surface area contributed by atoms with Crippen molar-refractivity contribution in [2.24, 2.45) is 11.8 Å². The van der Waals surface area contributed by atoms with Crippen molar-refractivity contribution < 1.29 is 4.79 Å². The third-order valence-corrected chi connectivity index (χ3v) is 4.17. The van der Waals surface area contributed by atoms with Crippen LogP contribution in [0.4, 0.5) is 5.82 Å². The summed E-state index contributed by atoms with van der Waals surface area (Å²) in [5.41, 5.74) is 0.633. The van der Waals surface area contributed by atoms with E-state index in [1.807, 2.05) is 19.1 Å². The smallest absolute Gasteiger partial charge is 0.253 e. The van der Waals surface area contributed by atoms with Gasteiger partial charge in [-0.05, 0) is 43.7 Å². The van der Waals surface area contributed by atoms with Crippen molar-refractivity contribution in [3.63, 3.8) is 0 Å². The molecule has 4 heteroatoms. The summed E-state index contributed by atoms with van der Waals surface area (Å²) >= 11 is 0. The van der Waals surface area contributed by atoms with Crippen molar-refractivity contribution in [3.05, 3.63) is 23.9 Å². The van der Waals surface area contributed by atoms with Crippen molar-refractivity contribution in [1.29, 1.82) is 0 Å². The molecule has 2 N–H and O–H groups in total. The van der Waals surface area contributed by atoms with Gasteiger partial charge in [0.2, 0.25) is 0 Å². The third kappa shape index (κ3) is 3.25. The monoisotopic (exact) mass is 261 g/mol. The second kappa shape index (κ2) is 6.04. The standard InChI is InChI=1S/C15H23N3O/c1-4-16-14-8-6-12(9-17-14)15(19)18-13-7-5-10(2)11(13)3/h6,8-11,13H,4-5,7H2,1-3H3,(H,16,17)(H,18,19). The second-order valence-electron chi connectivity index (χ2n) is 5.46. The Hall–Kier alpha value is -1.58. The van der Waals surface area contributed by atoms with Gasteiger partial charge in [-0.1, -0.05) is 13.8 Å². The highest BCUT2D eigenvalue weighted by Gasteiger charge is 2.30. The molecule has 104 valence electrons. The van der Waals surface area contributed by atoms with E-state index in [9.17, 15) is 4.79 Å². The van der Waals surface area contributed by atoms with Crippen LogP contribution in [-0.2, 0) is 0 Å². The molecule has 1 saturated carbocycles. The first-order chi connectivity index (χ1) is 9.11. The van der Waals surface area contributed by atoms with E-state index in [0.29, 0.717) is 23.4 Å². The Morgan fingerprint density at radius 2 is 2.16 bits per heavy atom. The number of carbonyl (C=O) groups excluding carboxylic acids is 1. The fourth-order valence-electron chi connectivity index (χ4n) is 2.63. The Bertz CT molecular complexity index is 430. The van der Waals surface area contributed by atoms with Crippen LogP contribution in [0.15, 0.2) is 18.3 Å². The maximum absolute atomic E-state index is 12.2. The minimum Gasteiger partial charge on any atom is -0.370 e. The molecule has 1 heterocycles. The van der Waals surface area contributed by atoms with Crippen LogP contribution in [-0.4, -0.2) is 23.5 Å². The SMILES string of the molecule is CCNc1ccc(C(=O)NC2CCC(C)C2C)cn1. The van der Waals surface area contributed by atoms with Crippen LogP contribution in [0.5, 0.6) is 0 Å². The van der Waals surface area contributed by atoms with Crippen LogP contribution in [0.2, 0.25) is 0 Å².